The van der Waals surface area contributed by atoms with Crippen molar-refractivity contribution in [3.63, 3.8) is 0 Å². The monoisotopic (exact) mass is 322 g/mol. The molecule has 1 aromatic heterocycles. The summed E-state index contributed by atoms with van der Waals surface area (Å²) in [5, 5.41) is 20.1. The Labute approximate surface area is 139 Å². The number of rotatable bonds is 6. The maximum Gasteiger partial charge on any atom is 0.251 e. The third-order valence-corrected chi connectivity index (χ3v) is 3.68. The van der Waals surface area contributed by atoms with Crippen molar-refractivity contribution in [2.45, 2.75) is 12.5 Å². The summed E-state index contributed by atoms with van der Waals surface area (Å²) in [4.78, 5) is 12.5. The van der Waals surface area contributed by atoms with Gasteiger partial charge in [-0.1, -0.05) is 41.6 Å². The van der Waals surface area contributed by atoms with E-state index in [2.05, 4.69) is 15.6 Å². The lowest BCUT2D eigenvalue weighted by Crippen LogP contribution is -2.39. The van der Waals surface area contributed by atoms with E-state index in [4.69, 9.17) is 0 Å². The molecule has 1 amide bonds. The van der Waals surface area contributed by atoms with Crippen molar-refractivity contribution in [2.75, 3.05) is 6.61 Å². The van der Waals surface area contributed by atoms with Crippen LogP contribution in [-0.4, -0.2) is 38.7 Å². The van der Waals surface area contributed by atoms with Gasteiger partial charge in [0.25, 0.3) is 5.91 Å². The first-order valence-electron chi connectivity index (χ1n) is 7.68. The van der Waals surface area contributed by atoms with Crippen molar-refractivity contribution in [3.8, 4) is 5.69 Å². The third kappa shape index (κ3) is 3.85. The summed E-state index contributed by atoms with van der Waals surface area (Å²) in [6.45, 7) is -0.122. The summed E-state index contributed by atoms with van der Waals surface area (Å²) in [5.74, 6) is -0.230. The number of nitrogens with zero attached hydrogens (tertiary/aromatic N) is 3. The van der Waals surface area contributed by atoms with Gasteiger partial charge < -0.3 is 10.4 Å². The topological polar surface area (TPSA) is 80.0 Å². The Morgan fingerprint density at radius 1 is 1.17 bits per heavy atom. The second-order valence-corrected chi connectivity index (χ2v) is 5.44. The van der Waals surface area contributed by atoms with Crippen LogP contribution >= 0.6 is 0 Å². The fourth-order valence-corrected chi connectivity index (χ4v) is 2.46. The molecular formula is C18H18N4O2. The number of carbonyl (C=O) groups excluding carboxylic acids is 1. The Morgan fingerprint density at radius 3 is 2.71 bits per heavy atom. The van der Waals surface area contributed by atoms with E-state index in [-0.39, 0.29) is 18.6 Å². The lowest BCUT2D eigenvalue weighted by molar-refractivity contribution is 0.0916. The van der Waals surface area contributed by atoms with Crippen LogP contribution in [0.3, 0.4) is 0 Å². The Kier molecular flexibility index (Phi) is 4.98. The van der Waals surface area contributed by atoms with Gasteiger partial charge in [-0.05, 0) is 30.2 Å². The molecule has 2 aromatic carbocycles. The minimum absolute atomic E-state index is 0.122. The number of hydrogen-bond acceptors (Lipinski definition) is 4. The van der Waals surface area contributed by atoms with Gasteiger partial charge in [0.2, 0.25) is 0 Å². The molecule has 0 spiro atoms. The number of nitrogens with one attached hydrogen (secondary N) is 1. The summed E-state index contributed by atoms with van der Waals surface area (Å²) >= 11 is 0. The first-order chi connectivity index (χ1) is 11.8. The molecule has 0 saturated heterocycles. The SMILES string of the molecule is O=C(N[C@@H](CO)Cc1ccccc1)c1cccc(-n2ccnn2)c1. The second kappa shape index (κ2) is 7.52. The van der Waals surface area contributed by atoms with Gasteiger partial charge in [0.1, 0.15) is 0 Å². The van der Waals surface area contributed by atoms with Gasteiger partial charge in [-0.3, -0.25) is 4.79 Å². The molecule has 0 aliphatic carbocycles. The van der Waals surface area contributed by atoms with Gasteiger partial charge >= 0.3 is 0 Å². The minimum atomic E-state index is -0.338. The first kappa shape index (κ1) is 15.9. The zero-order valence-corrected chi connectivity index (χ0v) is 13.0. The average molecular weight is 322 g/mol. The molecule has 6 nitrogen and oxygen atoms in total. The van der Waals surface area contributed by atoms with Crippen LogP contribution in [0.25, 0.3) is 5.69 Å². The quantitative estimate of drug-likeness (QED) is 0.722. The number of hydrogen-bond donors (Lipinski definition) is 2. The lowest BCUT2D eigenvalue weighted by Gasteiger charge is -2.16. The summed E-state index contributed by atoms with van der Waals surface area (Å²) in [7, 11) is 0. The third-order valence-electron chi connectivity index (χ3n) is 3.68. The highest BCUT2D eigenvalue weighted by atomic mass is 16.3. The van der Waals surface area contributed by atoms with Crippen LogP contribution in [0.5, 0.6) is 0 Å². The molecule has 0 unspecified atom stereocenters. The van der Waals surface area contributed by atoms with Gasteiger partial charge in [-0.25, -0.2) is 4.68 Å². The molecule has 2 N–H and O–H groups in total. The molecule has 3 rings (SSSR count). The number of amides is 1. The maximum absolute atomic E-state index is 12.5. The Bertz CT molecular complexity index is 788. The Balaban J connectivity index is 1.70. The van der Waals surface area contributed by atoms with E-state index in [1.54, 1.807) is 35.3 Å². The zero-order valence-electron chi connectivity index (χ0n) is 13.0. The van der Waals surface area contributed by atoms with Crippen molar-refractivity contribution in [1.29, 1.82) is 0 Å². The molecule has 0 aliphatic rings. The first-order valence-corrected chi connectivity index (χ1v) is 7.68. The van der Waals surface area contributed by atoms with Crippen LogP contribution in [0.15, 0.2) is 67.0 Å². The largest absolute Gasteiger partial charge is 0.394 e. The number of aliphatic hydroxyl groups is 1. The minimum Gasteiger partial charge on any atom is -0.394 e. The van der Waals surface area contributed by atoms with E-state index in [0.717, 1.165) is 11.3 Å². The number of carbonyl (C=O) groups is 1. The summed E-state index contributed by atoms with van der Waals surface area (Å²) in [5.41, 5.74) is 2.33. The van der Waals surface area contributed by atoms with Crippen LogP contribution in [0.1, 0.15) is 15.9 Å². The number of benzene rings is 2. The Hall–Kier alpha value is -2.99. The standard InChI is InChI=1S/C18H18N4O2/c23-13-16(11-14-5-2-1-3-6-14)20-18(24)15-7-4-8-17(12-15)22-10-9-19-21-22/h1-10,12,16,23H,11,13H2,(H,20,24)/t16-/m1/s1. The number of aliphatic hydroxyl groups excluding tert-OH is 1. The van der Waals surface area contributed by atoms with E-state index in [9.17, 15) is 9.90 Å². The van der Waals surface area contributed by atoms with Gasteiger partial charge in [-0.2, -0.15) is 0 Å². The molecule has 6 heteroatoms. The highest BCUT2D eigenvalue weighted by molar-refractivity contribution is 5.94. The van der Waals surface area contributed by atoms with E-state index >= 15 is 0 Å². The molecule has 1 atom stereocenters. The molecule has 3 aromatic rings. The summed E-state index contributed by atoms with van der Waals surface area (Å²) < 4.78 is 1.59. The molecule has 0 radical (unpaired) electrons. The molecule has 0 aliphatic heterocycles. The highest BCUT2D eigenvalue weighted by Crippen LogP contribution is 2.10. The van der Waals surface area contributed by atoms with Crippen molar-refractivity contribution < 1.29 is 9.90 Å². The molecular weight excluding hydrogens is 304 g/mol. The van der Waals surface area contributed by atoms with Crippen LogP contribution in [-0.2, 0) is 6.42 Å². The molecule has 24 heavy (non-hydrogen) atoms. The van der Waals surface area contributed by atoms with Crippen molar-refractivity contribution in [1.82, 2.24) is 20.3 Å². The fraction of sp³-hybridized carbons (Fsp3) is 0.167. The summed E-state index contributed by atoms with van der Waals surface area (Å²) in [6.07, 6.45) is 3.86. The van der Waals surface area contributed by atoms with E-state index in [1.165, 1.54) is 0 Å². The van der Waals surface area contributed by atoms with Crippen LogP contribution < -0.4 is 5.32 Å². The second-order valence-electron chi connectivity index (χ2n) is 5.44. The van der Waals surface area contributed by atoms with Crippen molar-refractivity contribution in [3.05, 3.63) is 78.1 Å². The van der Waals surface area contributed by atoms with Crippen LogP contribution in [0.4, 0.5) is 0 Å². The Morgan fingerprint density at radius 2 is 2.00 bits per heavy atom. The summed E-state index contributed by atoms with van der Waals surface area (Å²) in [6, 6.07) is 16.5. The molecule has 0 fully saturated rings. The predicted octanol–water partition coefficient (Wildman–Crippen LogP) is 1.60. The van der Waals surface area contributed by atoms with Crippen LogP contribution in [0.2, 0.25) is 0 Å². The number of aromatic nitrogens is 3. The van der Waals surface area contributed by atoms with E-state index in [0.29, 0.717) is 12.0 Å². The van der Waals surface area contributed by atoms with Crippen molar-refractivity contribution in [2.24, 2.45) is 0 Å². The molecule has 1 heterocycles. The zero-order chi connectivity index (χ0) is 16.8. The fourth-order valence-electron chi connectivity index (χ4n) is 2.46. The molecule has 122 valence electrons. The predicted molar refractivity (Wildman–Crippen MR) is 89.8 cm³/mol. The van der Waals surface area contributed by atoms with Crippen molar-refractivity contribution >= 4 is 5.91 Å². The van der Waals surface area contributed by atoms with Gasteiger partial charge in [0.05, 0.1) is 30.7 Å². The van der Waals surface area contributed by atoms with Crippen LogP contribution in [0, 0.1) is 0 Å². The van der Waals surface area contributed by atoms with E-state index < -0.39 is 0 Å². The lowest BCUT2D eigenvalue weighted by atomic mass is 10.1. The normalized spacial score (nSPS) is 11.9. The smallest absolute Gasteiger partial charge is 0.251 e. The average Bonchev–Trinajstić information content (AvgIpc) is 3.17. The van der Waals surface area contributed by atoms with Gasteiger partial charge in [0.15, 0.2) is 0 Å². The molecule has 0 bridgehead atoms. The van der Waals surface area contributed by atoms with Gasteiger partial charge in [-0.15, -0.1) is 5.10 Å². The maximum atomic E-state index is 12.5. The highest BCUT2D eigenvalue weighted by Gasteiger charge is 2.14. The van der Waals surface area contributed by atoms with E-state index in [1.807, 2.05) is 36.4 Å². The van der Waals surface area contributed by atoms with Gasteiger partial charge in [0, 0.05) is 5.56 Å². The molecule has 0 saturated carbocycles.